The third-order valence-electron chi connectivity index (χ3n) is 7.10. The Morgan fingerprint density at radius 1 is 1.24 bits per heavy atom. The van der Waals surface area contributed by atoms with E-state index in [1.54, 1.807) is 30.3 Å². The molecule has 2 aromatic carbocycles. The van der Waals surface area contributed by atoms with E-state index in [2.05, 4.69) is 17.2 Å². The number of amidine groups is 1. The lowest BCUT2D eigenvalue weighted by Crippen LogP contribution is -2.55. The molecule has 3 aliphatic heterocycles. The lowest BCUT2D eigenvalue weighted by Gasteiger charge is -2.34. The Bertz CT molecular complexity index is 1260. The van der Waals surface area contributed by atoms with Gasteiger partial charge in [-0.05, 0) is 53.8 Å². The van der Waals surface area contributed by atoms with Crippen molar-refractivity contribution in [2.24, 2.45) is 16.6 Å². The molecule has 0 aliphatic carbocycles. The van der Waals surface area contributed by atoms with Crippen molar-refractivity contribution in [1.82, 2.24) is 4.90 Å². The van der Waals surface area contributed by atoms with Crippen molar-refractivity contribution in [3.8, 4) is 0 Å². The molecule has 5 rings (SSSR count). The fraction of sp³-hybridized carbons (Fsp3) is 0.407. The van der Waals surface area contributed by atoms with Gasteiger partial charge in [0, 0.05) is 36.6 Å². The summed E-state index contributed by atoms with van der Waals surface area (Å²) in [4.78, 5) is 46.3. The van der Waals surface area contributed by atoms with E-state index in [1.165, 1.54) is 4.90 Å². The van der Waals surface area contributed by atoms with Gasteiger partial charge in [0.25, 0.3) is 11.8 Å². The van der Waals surface area contributed by atoms with E-state index >= 15 is 0 Å². The highest BCUT2D eigenvalue weighted by Crippen LogP contribution is 2.25. The van der Waals surface area contributed by atoms with Crippen LogP contribution < -0.4 is 16.0 Å². The van der Waals surface area contributed by atoms with E-state index < -0.39 is 24.0 Å². The monoisotopic (exact) mass is 505 g/mol. The van der Waals surface area contributed by atoms with Gasteiger partial charge in [0.15, 0.2) is 12.2 Å². The summed E-state index contributed by atoms with van der Waals surface area (Å²) in [7, 11) is 0. The summed E-state index contributed by atoms with van der Waals surface area (Å²) in [5.41, 5.74) is 9.40. The predicted molar refractivity (Wildman–Crippen MR) is 138 cm³/mol. The maximum atomic E-state index is 13.2. The minimum atomic E-state index is -1.70. The molecular weight excluding hydrogens is 474 g/mol. The van der Waals surface area contributed by atoms with Gasteiger partial charge in [-0.25, -0.2) is 0 Å². The number of amides is 3. The number of nitrogens with zero attached hydrogens (tertiary/aromatic N) is 3. The van der Waals surface area contributed by atoms with Crippen LogP contribution in [0.1, 0.15) is 30.0 Å². The second-order valence-electron chi connectivity index (χ2n) is 9.87. The van der Waals surface area contributed by atoms with Gasteiger partial charge >= 0.3 is 0 Å². The topological polar surface area (TPSA) is 138 Å². The van der Waals surface area contributed by atoms with Crippen LogP contribution >= 0.6 is 0 Å². The zero-order valence-corrected chi connectivity index (χ0v) is 20.7. The lowest BCUT2D eigenvalue weighted by atomic mass is 10.1. The number of nitrogens with one attached hydrogen (secondary N) is 1. The first-order valence-electron chi connectivity index (χ1n) is 12.5. The number of nitrogens with two attached hydrogens (primary N) is 1. The molecule has 3 atom stereocenters. The van der Waals surface area contributed by atoms with Gasteiger partial charge in [0.2, 0.25) is 5.91 Å². The number of aliphatic imine (C=N–C) groups is 1. The summed E-state index contributed by atoms with van der Waals surface area (Å²) in [6.07, 6.45) is -1.78. The summed E-state index contributed by atoms with van der Waals surface area (Å²) < 4.78 is 5.53. The van der Waals surface area contributed by atoms with E-state index in [4.69, 9.17) is 10.5 Å². The maximum absolute atomic E-state index is 13.2. The third-order valence-corrected chi connectivity index (χ3v) is 7.10. The molecule has 37 heavy (non-hydrogen) atoms. The number of carbonyl (C=O) groups excluding carboxylic acids is 3. The summed E-state index contributed by atoms with van der Waals surface area (Å²) in [6.45, 7) is 4.54. The Kier molecular flexibility index (Phi) is 6.94. The Labute approximate surface area is 215 Å². The van der Waals surface area contributed by atoms with E-state index in [1.807, 2.05) is 17.0 Å². The number of anilines is 2. The molecule has 0 aromatic heterocycles. The summed E-state index contributed by atoms with van der Waals surface area (Å²) in [6, 6.07) is 12.4. The van der Waals surface area contributed by atoms with Gasteiger partial charge < -0.3 is 30.7 Å². The number of ether oxygens (including phenoxy) is 1. The first-order valence-corrected chi connectivity index (χ1v) is 12.5. The highest BCUT2D eigenvalue weighted by Gasteiger charge is 2.39. The van der Waals surface area contributed by atoms with Crippen molar-refractivity contribution in [3.05, 3.63) is 59.2 Å². The molecule has 3 aliphatic rings. The average molecular weight is 506 g/mol. The highest BCUT2D eigenvalue weighted by molar-refractivity contribution is 6.05. The zero-order valence-electron chi connectivity index (χ0n) is 20.7. The van der Waals surface area contributed by atoms with Crippen LogP contribution in [0.25, 0.3) is 0 Å². The largest absolute Gasteiger partial charge is 0.383 e. The molecule has 0 bridgehead atoms. The summed E-state index contributed by atoms with van der Waals surface area (Å²) in [5.74, 6) is -0.224. The van der Waals surface area contributed by atoms with Crippen LogP contribution in [-0.4, -0.2) is 72.0 Å². The van der Waals surface area contributed by atoms with E-state index in [0.717, 1.165) is 36.2 Å². The van der Waals surface area contributed by atoms with Crippen LogP contribution in [0.2, 0.25) is 0 Å². The minimum Gasteiger partial charge on any atom is -0.383 e. The number of hydrogen-bond acceptors (Lipinski definition) is 7. The SMILES string of the molecule is C[C@@H]1CCN(C(=O)Cc2cccc(N3CCO[C@H]([C@@H](O)C(=O)Nc4ccc5c(c4)CN=C5N)C3=O)c2)C1. The van der Waals surface area contributed by atoms with E-state index in [9.17, 15) is 19.5 Å². The number of morpholine rings is 1. The molecule has 10 nitrogen and oxygen atoms in total. The summed E-state index contributed by atoms with van der Waals surface area (Å²) in [5, 5.41) is 13.4. The Balaban J connectivity index is 1.24. The number of aliphatic hydroxyl groups is 1. The quantitative estimate of drug-likeness (QED) is 0.537. The fourth-order valence-electron chi connectivity index (χ4n) is 5.03. The number of benzene rings is 2. The first-order chi connectivity index (χ1) is 17.8. The molecule has 2 fully saturated rings. The molecule has 0 saturated carbocycles. The van der Waals surface area contributed by atoms with E-state index in [0.29, 0.717) is 29.7 Å². The lowest BCUT2D eigenvalue weighted by molar-refractivity contribution is -0.150. The molecule has 0 radical (unpaired) electrons. The summed E-state index contributed by atoms with van der Waals surface area (Å²) >= 11 is 0. The molecule has 3 heterocycles. The molecular formula is C27H31N5O5. The second kappa shape index (κ2) is 10.3. The first kappa shape index (κ1) is 24.9. The van der Waals surface area contributed by atoms with E-state index in [-0.39, 0.29) is 25.5 Å². The molecule has 0 spiro atoms. The van der Waals surface area contributed by atoms with Gasteiger partial charge in [-0.3, -0.25) is 19.4 Å². The van der Waals surface area contributed by atoms with Crippen molar-refractivity contribution in [2.75, 3.05) is 36.5 Å². The minimum absolute atomic E-state index is 0.0700. The maximum Gasteiger partial charge on any atom is 0.259 e. The number of likely N-dealkylation sites (tertiary alicyclic amines) is 1. The molecule has 2 saturated heterocycles. The molecule has 2 aromatic rings. The van der Waals surface area contributed by atoms with Crippen molar-refractivity contribution in [1.29, 1.82) is 0 Å². The predicted octanol–water partition coefficient (Wildman–Crippen LogP) is 1.05. The molecule has 0 unspecified atom stereocenters. The number of rotatable bonds is 6. The number of fused-ring (bicyclic) bond motifs is 1. The Hall–Kier alpha value is -3.76. The van der Waals surface area contributed by atoms with Crippen LogP contribution in [0.4, 0.5) is 11.4 Å². The number of aliphatic hydroxyl groups excluding tert-OH is 1. The van der Waals surface area contributed by atoms with Crippen molar-refractivity contribution >= 4 is 34.9 Å². The standard InChI is InChI=1S/C27H31N5O5/c1-16-7-8-31(15-16)22(33)12-17-3-2-4-20(11-17)32-9-10-37-24(27(32)36)23(34)26(35)30-19-5-6-21-18(13-19)14-29-25(21)28/h2-6,11,13,16,23-24,34H,7-10,12,14-15H2,1H3,(H2,28,29)(H,30,35)/t16-,23-,24-/m1/s1. The van der Waals surface area contributed by atoms with Crippen molar-refractivity contribution in [3.63, 3.8) is 0 Å². The van der Waals surface area contributed by atoms with Crippen molar-refractivity contribution in [2.45, 2.75) is 38.5 Å². The zero-order chi connectivity index (χ0) is 26.1. The van der Waals surface area contributed by atoms with Crippen LogP contribution in [0.5, 0.6) is 0 Å². The second-order valence-corrected chi connectivity index (χ2v) is 9.87. The number of hydrogen-bond donors (Lipinski definition) is 3. The van der Waals surface area contributed by atoms with Gasteiger partial charge in [0.05, 0.1) is 19.6 Å². The smallest absolute Gasteiger partial charge is 0.259 e. The van der Waals surface area contributed by atoms with Crippen LogP contribution in [0.3, 0.4) is 0 Å². The molecule has 194 valence electrons. The van der Waals surface area contributed by atoms with Crippen molar-refractivity contribution < 1.29 is 24.2 Å². The average Bonchev–Trinajstić information content (AvgIpc) is 3.49. The Morgan fingerprint density at radius 2 is 2.08 bits per heavy atom. The molecule has 3 amide bonds. The third kappa shape index (κ3) is 5.21. The van der Waals surface area contributed by atoms with Gasteiger partial charge in [-0.15, -0.1) is 0 Å². The van der Waals surface area contributed by atoms with Crippen LogP contribution in [0, 0.1) is 5.92 Å². The molecule has 10 heteroatoms. The van der Waals surface area contributed by atoms with Gasteiger partial charge in [-0.1, -0.05) is 19.1 Å². The van der Waals surface area contributed by atoms with Gasteiger partial charge in [0.1, 0.15) is 5.84 Å². The molecule has 4 N–H and O–H groups in total. The normalized spacial score (nSPS) is 22.0. The highest BCUT2D eigenvalue weighted by atomic mass is 16.5. The van der Waals surface area contributed by atoms with Gasteiger partial charge in [-0.2, -0.15) is 0 Å². The fourth-order valence-corrected chi connectivity index (χ4v) is 5.03. The Morgan fingerprint density at radius 3 is 2.86 bits per heavy atom. The number of carbonyl (C=O) groups is 3. The van der Waals surface area contributed by atoms with Crippen LogP contribution in [0.15, 0.2) is 47.5 Å². The van der Waals surface area contributed by atoms with Crippen LogP contribution in [-0.2, 0) is 32.1 Å².